The molecule has 8 nitrogen and oxygen atoms in total. The van der Waals surface area contributed by atoms with Gasteiger partial charge in [-0.2, -0.15) is 0 Å². The standard InChI is InChI=1S/C21H16IN3O5/c1-13-6-8-14(9-7-13)23-21(27)18(12-15-10-11-19(30-15)25(28)29)24-20(26)16-4-2-3-5-17(16)22/h2-12H,1H3,(H,23,27)(H,24,26)/b18-12-. The molecule has 0 bridgehead atoms. The van der Waals surface area contributed by atoms with Crippen molar-refractivity contribution in [2.45, 2.75) is 6.92 Å². The molecule has 1 heterocycles. The second kappa shape index (κ2) is 9.35. The van der Waals surface area contributed by atoms with Crippen molar-refractivity contribution in [2.75, 3.05) is 5.32 Å². The number of nitro groups is 1. The van der Waals surface area contributed by atoms with E-state index in [0.29, 0.717) is 14.8 Å². The van der Waals surface area contributed by atoms with Gasteiger partial charge >= 0.3 is 5.88 Å². The molecule has 1 aromatic heterocycles. The fourth-order valence-electron chi connectivity index (χ4n) is 2.49. The molecule has 0 atom stereocenters. The summed E-state index contributed by atoms with van der Waals surface area (Å²) < 4.78 is 5.80. The number of amides is 2. The molecule has 0 saturated heterocycles. The molecule has 2 N–H and O–H groups in total. The van der Waals surface area contributed by atoms with Gasteiger partial charge in [-0.15, -0.1) is 0 Å². The highest BCUT2D eigenvalue weighted by molar-refractivity contribution is 14.1. The molecule has 0 saturated carbocycles. The van der Waals surface area contributed by atoms with Crippen LogP contribution in [0.1, 0.15) is 21.7 Å². The zero-order chi connectivity index (χ0) is 21.7. The normalized spacial score (nSPS) is 11.1. The van der Waals surface area contributed by atoms with Crippen LogP contribution >= 0.6 is 22.6 Å². The molecule has 2 amide bonds. The monoisotopic (exact) mass is 517 g/mol. The van der Waals surface area contributed by atoms with Gasteiger partial charge in [-0.25, -0.2) is 0 Å². The lowest BCUT2D eigenvalue weighted by Crippen LogP contribution is -2.31. The van der Waals surface area contributed by atoms with E-state index in [1.807, 2.05) is 41.6 Å². The van der Waals surface area contributed by atoms with E-state index < -0.39 is 22.6 Å². The zero-order valence-electron chi connectivity index (χ0n) is 15.7. The Hall–Kier alpha value is -3.47. The number of carbonyl (C=O) groups excluding carboxylic acids is 2. The van der Waals surface area contributed by atoms with Gasteiger partial charge in [-0.1, -0.05) is 29.8 Å². The van der Waals surface area contributed by atoms with Gasteiger partial charge in [-0.05, 0) is 59.8 Å². The van der Waals surface area contributed by atoms with Crippen LogP contribution in [-0.4, -0.2) is 16.7 Å². The van der Waals surface area contributed by atoms with E-state index in [0.717, 1.165) is 5.56 Å². The number of nitrogens with zero attached hydrogens (tertiary/aromatic N) is 1. The van der Waals surface area contributed by atoms with Gasteiger partial charge in [0.15, 0.2) is 0 Å². The largest absolute Gasteiger partial charge is 0.433 e. The summed E-state index contributed by atoms with van der Waals surface area (Å²) in [6.07, 6.45) is 1.24. The Morgan fingerprint density at radius 2 is 1.77 bits per heavy atom. The molecule has 0 spiro atoms. The zero-order valence-corrected chi connectivity index (χ0v) is 17.9. The first-order valence-electron chi connectivity index (χ1n) is 8.73. The number of anilines is 1. The third-order valence-electron chi connectivity index (χ3n) is 4.00. The van der Waals surface area contributed by atoms with E-state index in [2.05, 4.69) is 10.6 Å². The highest BCUT2D eigenvalue weighted by Gasteiger charge is 2.18. The first-order valence-corrected chi connectivity index (χ1v) is 9.81. The molecular formula is C21H16IN3O5. The van der Waals surface area contributed by atoms with Crippen LogP contribution in [0.2, 0.25) is 0 Å². The van der Waals surface area contributed by atoms with Crippen molar-refractivity contribution in [3.63, 3.8) is 0 Å². The van der Waals surface area contributed by atoms with Crippen LogP contribution in [0, 0.1) is 20.6 Å². The number of benzene rings is 2. The highest BCUT2D eigenvalue weighted by Crippen LogP contribution is 2.19. The summed E-state index contributed by atoms with van der Waals surface area (Å²) in [6, 6.07) is 16.5. The predicted molar refractivity (Wildman–Crippen MR) is 120 cm³/mol. The molecule has 0 fully saturated rings. The minimum Gasteiger partial charge on any atom is -0.401 e. The number of hydrogen-bond donors (Lipinski definition) is 2. The maximum atomic E-state index is 12.8. The Labute approximate surface area is 185 Å². The van der Waals surface area contributed by atoms with Gasteiger partial charge in [0.05, 0.1) is 11.6 Å². The number of aryl methyl sites for hydroxylation is 1. The maximum Gasteiger partial charge on any atom is 0.433 e. The molecule has 9 heteroatoms. The average molecular weight is 517 g/mol. The minimum atomic E-state index is -0.686. The first kappa shape index (κ1) is 21.2. The van der Waals surface area contributed by atoms with Gasteiger partial charge in [0.1, 0.15) is 16.4 Å². The van der Waals surface area contributed by atoms with Crippen LogP contribution in [0.3, 0.4) is 0 Å². The van der Waals surface area contributed by atoms with Crippen molar-refractivity contribution in [3.8, 4) is 0 Å². The van der Waals surface area contributed by atoms with Crippen LogP contribution < -0.4 is 10.6 Å². The fourth-order valence-corrected chi connectivity index (χ4v) is 3.12. The van der Waals surface area contributed by atoms with Gasteiger partial charge in [0.2, 0.25) is 0 Å². The minimum absolute atomic E-state index is 0.0545. The third kappa shape index (κ3) is 5.32. The third-order valence-corrected chi connectivity index (χ3v) is 4.94. The van der Waals surface area contributed by atoms with Crippen LogP contribution in [-0.2, 0) is 4.79 Å². The Balaban J connectivity index is 1.90. The van der Waals surface area contributed by atoms with Crippen molar-refractivity contribution in [1.29, 1.82) is 0 Å². The van der Waals surface area contributed by atoms with Crippen molar-refractivity contribution < 1.29 is 18.9 Å². The van der Waals surface area contributed by atoms with Gasteiger partial charge in [0.25, 0.3) is 11.8 Å². The highest BCUT2D eigenvalue weighted by atomic mass is 127. The summed E-state index contributed by atoms with van der Waals surface area (Å²) in [5.41, 5.74) is 1.83. The van der Waals surface area contributed by atoms with E-state index in [9.17, 15) is 19.7 Å². The first-order chi connectivity index (χ1) is 14.3. The number of rotatable bonds is 6. The Morgan fingerprint density at radius 3 is 2.40 bits per heavy atom. The van der Waals surface area contributed by atoms with Crippen LogP contribution in [0.5, 0.6) is 0 Å². The smallest absolute Gasteiger partial charge is 0.401 e. The number of carbonyl (C=O) groups is 2. The molecule has 0 unspecified atom stereocenters. The molecule has 2 aromatic carbocycles. The Morgan fingerprint density at radius 1 is 1.07 bits per heavy atom. The summed E-state index contributed by atoms with van der Waals surface area (Å²) in [5.74, 6) is -1.51. The summed E-state index contributed by atoms with van der Waals surface area (Å²) in [4.78, 5) is 35.7. The van der Waals surface area contributed by atoms with E-state index in [-0.39, 0.29) is 11.5 Å². The topological polar surface area (TPSA) is 114 Å². The number of nitrogens with one attached hydrogen (secondary N) is 2. The van der Waals surface area contributed by atoms with E-state index in [1.165, 1.54) is 18.2 Å². The molecule has 0 aliphatic rings. The molecule has 0 radical (unpaired) electrons. The Bertz CT molecular complexity index is 1140. The average Bonchev–Trinajstić information content (AvgIpc) is 3.18. The molecule has 152 valence electrons. The summed E-state index contributed by atoms with van der Waals surface area (Å²) in [7, 11) is 0. The Kier molecular flexibility index (Phi) is 6.62. The van der Waals surface area contributed by atoms with E-state index in [1.54, 1.807) is 36.4 Å². The lowest BCUT2D eigenvalue weighted by atomic mass is 10.2. The van der Waals surface area contributed by atoms with Crippen LogP contribution in [0.15, 0.2) is 70.8 Å². The number of furan rings is 1. The van der Waals surface area contributed by atoms with Crippen molar-refractivity contribution in [1.82, 2.24) is 5.32 Å². The summed E-state index contributed by atoms with van der Waals surface area (Å²) >= 11 is 2.02. The molecule has 3 rings (SSSR count). The molecule has 0 aliphatic carbocycles. The quantitative estimate of drug-likeness (QED) is 0.216. The molecule has 0 aliphatic heterocycles. The van der Waals surface area contributed by atoms with E-state index in [4.69, 9.17) is 4.42 Å². The van der Waals surface area contributed by atoms with Crippen molar-refractivity contribution >= 4 is 52.1 Å². The van der Waals surface area contributed by atoms with Gasteiger partial charge < -0.3 is 15.1 Å². The SMILES string of the molecule is Cc1ccc(NC(=O)/C(=C/c2ccc([N+](=O)[O-])o2)NC(=O)c2ccccc2I)cc1. The molecule has 3 aromatic rings. The predicted octanol–water partition coefficient (Wildman–Crippen LogP) is 4.51. The lowest BCUT2D eigenvalue weighted by molar-refractivity contribution is -0.402. The lowest BCUT2D eigenvalue weighted by Gasteiger charge is -2.11. The molecular weight excluding hydrogens is 501 g/mol. The molecule has 30 heavy (non-hydrogen) atoms. The maximum absolute atomic E-state index is 12.8. The second-order valence-corrected chi connectivity index (χ2v) is 7.41. The number of hydrogen-bond acceptors (Lipinski definition) is 5. The van der Waals surface area contributed by atoms with Crippen molar-refractivity contribution in [3.05, 3.63) is 96.9 Å². The second-order valence-electron chi connectivity index (χ2n) is 6.25. The fraction of sp³-hybridized carbons (Fsp3) is 0.0476. The van der Waals surface area contributed by atoms with E-state index >= 15 is 0 Å². The van der Waals surface area contributed by atoms with Gasteiger partial charge in [0, 0.05) is 15.3 Å². The number of halogens is 1. The van der Waals surface area contributed by atoms with Gasteiger partial charge in [-0.3, -0.25) is 19.7 Å². The van der Waals surface area contributed by atoms with Crippen molar-refractivity contribution in [2.24, 2.45) is 0 Å². The van der Waals surface area contributed by atoms with Crippen LogP contribution in [0.4, 0.5) is 11.6 Å². The summed E-state index contributed by atoms with van der Waals surface area (Å²) in [6.45, 7) is 1.92. The summed E-state index contributed by atoms with van der Waals surface area (Å²) in [5, 5.41) is 16.1. The van der Waals surface area contributed by atoms with Crippen LogP contribution in [0.25, 0.3) is 6.08 Å².